The molecule has 0 radical (unpaired) electrons. The average Bonchev–Trinajstić information content (AvgIpc) is 1.87. The molecule has 0 aromatic rings. The summed E-state index contributed by atoms with van der Waals surface area (Å²) in [5.74, 6) is 0.673. The third-order valence-corrected chi connectivity index (χ3v) is 1.07. The van der Waals surface area contributed by atoms with Crippen LogP contribution in [0.5, 0.6) is 0 Å². The van der Waals surface area contributed by atoms with Crippen molar-refractivity contribution in [3.05, 3.63) is 0 Å². The highest BCUT2D eigenvalue weighted by Gasteiger charge is 2.03. The van der Waals surface area contributed by atoms with E-state index < -0.39 is 0 Å². The number of hydrogen-bond donors (Lipinski definition) is 3. The number of halogens is 1. The molecule has 0 heterocycles. The van der Waals surface area contributed by atoms with Crippen LogP contribution >= 0.6 is 11.6 Å². The highest BCUT2D eigenvalue weighted by molar-refractivity contribution is 6.31. The average molecular weight is 165 g/mol. The molecule has 0 aromatic heterocycles. The van der Waals surface area contributed by atoms with E-state index >= 15 is 0 Å². The summed E-state index contributed by atoms with van der Waals surface area (Å²) in [6.07, 6.45) is 0. The van der Waals surface area contributed by atoms with Gasteiger partial charge in [0, 0.05) is 14.1 Å². The minimum Gasteiger partial charge on any atom is -0.311 e. The van der Waals surface area contributed by atoms with Gasteiger partial charge in [0.2, 0.25) is 0 Å². The maximum absolute atomic E-state index is 5.73. The number of nitrogens with zero attached hydrogens (tertiary/aromatic N) is 1. The molecule has 0 rings (SSSR count). The highest BCUT2D eigenvalue weighted by Crippen LogP contribution is 1.92. The smallest absolute Gasteiger partial charge is 0.154 e. The first-order valence-electron chi connectivity index (χ1n) is 3.03. The second-order valence-corrected chi connectivity index (χ2v) is 2.37. The van der Waals surface area contributed by atoms with Crippen molar-refractivity contribution in [2.24, 2.45) is 5.10 Å². The summed E-state index contributed by atoms with van der Waals surface area (Å²) in [6.45, 7) is 1.84. The fraction of sp³-hybridized carbons (Fsp3) is 0.800. The normalized spacial score (nSPS) is 14.6. The van der Waals surface area contributed by atoms with Crippen molar-refractivity contribution in [1.29, 1.82) is 0 Å². The number of amidine groups is 1. The summed E-state index contributed by atoms with van der Waals surface area (Å²) in [5.41, 5.74) is 8.15. The lowest BCUT2D eigenvalue weighted by molar-refractivity contribution is 0.737. The molecule has 0 amide bonds. The monoisotopic (exact) mass is 164 g/mol. The van der Waals surface area contributed by atoms with Gasteiger partial charge in [-0.2, -0.15) is 5.10 Å². The molecule has 3 N–H and O–H groups in total. The summed E-state index contributed by atoms with van der Waals surface area (Å²) in [5, 5.41) is 3.75. The van der Waals surface area contributed by atoms with Crippen LogP contribution in [0.4, 0.5) is 0 Å². The Balaban J connectivity index is 3.85. The van der Waals surface area contributed by atoms with Crippen molar-refractivity contribution in [2.75, 3.05) is 14.1 Å². The highest BCUT2D eigenvalue weighted by atomic mass is 35.5. The van der Waals surface area contributed by atoms with E-state index in [2.05, 4.69) is 21.4 Å². The molecule has 0 fully saturated rings. The second-order valence-electron chi connectivity index (χ2n) is 1.71. The summed E-state index contributed by atoms with van der Waals surface area (Å²) < 4.78 is 0. The number of hydrazine groups is 1. The SMILES string of the molecule is CNN=C(NNC)C(C)Cl. The lowest BCUT2D eigenvalue weighted by Gasteiger charge is -2.08. The van der Waals surface area contributed by atoms with Gasteiger partial charge in [0.1, 0.15) is 0 Å². The van der Waals surface area contributed by atoms with Crippen LogP contribution in [-0.2, 0) is 0 Å². The van der Waals surface area contributed by atoms with Crippen LogP contribution in [0.1, 0.15) is 6.92 Å². The van der Waals surface area contributed by atoms with Gasteiger partial charge < -0.3 is 10.9 Å². The molecule has 0 bridgehead atoms. The van der Waals surface area contributed by atoms with Gasteiger partial charge in [-0.05, 0) is 6.92 Å². The Hall–Kier alpha value is -0.480. The minimum atomic E-state index is -0.125. The van der Waals surface area contributed by atoms with Crippen LogP contribution in [0.25, 0.3) is 0 Å². The minimum absolute atomic E-state index is 0.125. The first-order chi connectivity index (χ1) is 4.72. The zero-order valence-corrected chi connectivity index (χ0v) is 7.16. The first kappa shape index (κ1) is 9.52. The first-order valence-corrected chi connectivity index (χ1v) is 3.47. The fourth-order valence-corrected chi connectivity index (χ4v) is 0.568. The van der Waals surface area contributed by atoms with Crippen molar-refractivity contribution >= 4 is 17.4 Å². The number of alkyl halides is 1. The molecule has 0 aliphatic carbocycles. The zero-order valence-electron chi connectivity index (χ0n) is 6.40. The lowest BCUT2D eigenvalue weighted by atomic mass is 10.4. The summed E-state index contributed by atoms with van der Waals surface area (Å²) in [4.78, 5) is 0. The van der Waals surface area contributed by atoms with Crippen LogP contribution in [0.3, 0.4) is 0 Å². The van der Waals surface area contributed by atoms with E-state index in [-0.39, 0.29) is 5.38 Å². The second kappa shape index (κ2) is 5.32. The van der Waals surface area contributed by atoms with Crippen molar-refractivity contribution in [3.8, 4) is 0 Å². The van der Waals surface area contributed by atoms with E-state index in [0.717, 1.165) is 0 Å². The Morgan fingerprint density at radius 1 is 1.50 bits per heavy atom. The molecule has 4 nitrogen and oxygen atoms in total. The molecule has 10 heavy (non-hydrogen) atoms. The van der Waals surface area contributed by atoms with Crippen LogP contribution in [0.2, 0.25) is 0 Å². The zero-order chi connectivity index (χ0) is 7.98. The Morgan fingerprint density at radius 2 is 2.10 bits per heavy atom. The van der Waals surface area contributed by atoms with Gasteiger partial charge in [-0.15, -0.1) is 11.6 Å². The number of rotatable bonds is 3. The number of hydrazone groups is 1. The van der Waals surface area contributed by atoms with Crippen LogP contribution in [0.15, 0.2) is 5.10 Å². The molecule has 1 atom stereocenters. The summed E-state index contributed by atoms with van der Waals surface area (Å²) >= 11 is 5.73. The third-order valence-electron chi connectivity index (χ3n) is 0.862. The molecular formula is C5H13ClN4. The molecular weight excluding hydrogens is 152 g/mol. The van der Waals surface area contributed by atoms with Gasteiger partial charge in [-0.1, -0.05) is 0 Å². The third kappa shape index (κ3) is 3.53. The maximum atomic E-state index is 5.73. The molecule has 60 valence electrons. The van der Waals surface area contributed by atoms with E-state index in [0.29, 0.717) is 5.84 Å². The Labute approximate surface area is 66.0 Å². The van der Waals surface area contributed by atoms with Crippen molar-refractivity contribution < 1.29 is 0 Å². The van der Waals surface area contributed by atoms with Gasteiger partial charge in [-0.3, -0.25) is 0 Å². The van der Waals surface area contributed by atoms with Crippen molar-refractivity contribution in [1.82, 2.24) is 16.3 Å². The topological polar surface area (TPSA) is 48.5 Å². The van der Waals surface area contributed by atoms with E-state index in [1.54, 1.807) is 14.1 Å². The molecule has 1 unspecified atom stereocenters. The van der Waals surface area contributed by atoms with E-state index in [4.69, 9.17) is 11.6 Å². The maximum Gasteiger partial charge on any atom is 0.154 e. The molecule has 0 aromatic carbocycles. The van der Waals surface area contributed by atoms with Gasteiger partial charge in [0.25, 0.3) is 0 Å². The van der Waals surface area contributed by atoms with Gasteiger partial charge in [0.05, 0.1) is 5.38 Å². The predicted octanol–water partition coefficient (Wildman–Crippen LogP) is -0.129. The number of nitrogens with one attached hydrogen (secondary N) is 3. The van der Waals surface area contributed by atoms with Gasteiger partial charge >= 0.3 is 0 Å². The number of hydrogen-bond acceptors (Lipinski definition) is 3. The molecule has 0 spiro atoms. The summed E-state index contributed by atoms with van der Waals surface area (Å²) in [6, 6.07) is 0. The Kier molecular flexibility index (Phi) is 5.06. The van der Waals surface area contributed by atoms with Gasteiger partial charge in [0.15, 0.2) is 5.84 Å². The van der Waals surface area contributed by atoms with E-state index in [9.17, 15) is 0 Å². The van der Waals surface area contributed by atoms with Crippen molar-refractivity contribution in [3.63, 3.8) is 0 Å². The van der Waals surface area contributed by atoms with Crippen molar-refractivity contribution in [2.45, 2.75) is 12.3 Å². The molecule has 5 heteroatoms. The Bertz CT molecular complexity index is 112. The quantitative estimate of drug-likeness (QED) is 0.236. The largest absolute Gasteiger partial charge is 0.311 e. The Morgan fingerprint density at radius 3 is 2.40 bits per heavy atom. The lowest BCUT2D eigenvalue weighted by Crippen LogP contribution is -2.39. The van der Waals surface area contributed by atoms with E-state index in [1.165, 1.54) is 0 Å². The van der Waals surface area contributed by atoms with E-state index in [1.807, 2.05) is 6.92 Å². The standard InChI is InChI=1S/C5H13ClN4/c1-4(6)5(9-7-2)10-8-3/h4,7-8H,1-3H3,(H,9,10). The molecule has 0 aliphatic heterocycles. The molecule has 0 aliphatic rings. The van der Waals surface area contributed by atoms with Crippen LogP contribution in [0, 0.1) is 0 Å². The predicted molar refractivity (Wildman–Crippen MR) is 44.0 cm³/mol. The fourth-order valence-electron chi connectivity index (χ4n) is 0.465. The van der Waals surface area contributed by atoms with Crippen LogP contribution in [-0.4, -0.2) is 25.3 Å². The van der Waals surface area contributed by atoms with Gasteiger partial charge in [-0.25, -0.2) is 5.43 Å². The van der Waals surface area contributed by atoms with Crippen LogP contribution < -0.4 is 16.3 Å². The summed E-state index contributed by atoms with van der Waals surface area (Å²) in [7, 11) is 3.47. The molecule has 0 saturated heterocycles. The molecule has 0 saturated carbocycles.